The Labute approximate surface area is 117 Å². The summed E-state index contributed by atoms with van der Waals surface area (Å²) >= 11 is 0. The number of hydrogen-bond acceptors (Lipinski definition) is 5. The number of anilines is 2. The summed E-state index contributed by atoms with van der Waals surface area (Å²) in [5.41, 5.74) is 1.81. The van der Waals surface area contributed by atoms with E-state index in [-0.39, 0.29) is 5.91 Å². The highest BCUT2D eigenvalue weighted by Gasteiger charge is 2.09. The molecule has 1 amide bonds. The molecule has 2 rings (SSSR count). The van der Waals surface area contributed by atoms with Crippen LogP contribution in [0.1, 0.15) is 10.5 Å². The van der Waals surface area contributed by atoms with E-state index in [1.807, 2.05) is 0 Å². The van der Waals surface area contributed by atoms with Gasteiger partial charge >= 0.3 is 0 Å². The van der Waals surface area contributed by atoms with Gasteiger partial charge < -0.3 is 15.4 Å². The summed E-state index contributed by atoms with van der Waals surface area (Å²) in [7, 11) is 3.42. The Kier molecular flexibility index (Phi) is 4.67. The monoisotopic (exact) mass is 275 g/mol. The maximum atomic E-state index is 12.0. The van der Waals surface area contributed by atoms with Gasteiger partial charge in [-0.3, -0.25) is 14.5 Å². The molecule has 106 valence electrons. The predicted octanol–water partition coefficient (Wildman–Crippen LogP) is 1.22. The average molecular weight is 275 g/mol. The number of methoxy groups -OCH3 is 1. The summed E-state index contributed by atoms with van der Waals surface area (Å²) in [5, 5.41) is 9.84. The lowest BCUT2D eigenvalue weighted by molar-refractivity contribution is 0.102. The van der Waals surface area contributed by atoms with Crippen molar-refractivity contribution in [3.05, 3.63) is 36.4 Å². The van der Waals surface area contributed by atoms with Crippen LogP contribution < -0.4 is 10.6 Å². The third-order valence-electron chi connectivity index (χ3n) is 2.70. The van der Waals surface area contributed by atoms with Crippen molar-refractivity contribution in [1.29, 1.82) is 0 Å². The normalized spacial score (nSPS) is 10.3. The second-order valence-electron chi connectivity index (χ2n) is 4.12. The van der Waals surface area contributed by atoms with Crippen molar-refractivity contribution in [1.82, 2.24) is 14.8 Å². The first-order valence-corrected chi connectivity index (χ1v) is 6.19. The molecule has 0 saturated heterocycles. The predicted molar refractivity (Wildman–Crippen MR) is 75.8 cm³/mol. The number of carbonyl (C=O) groups is 1. The molecule has 0 aliphatic rings. The number of rotatable bonds is 6. The molecule has 0 fully saturated rings. The van der Waals surface area contributed by atoms with Gasteiger partial charge in [0.25, 0.3) is 5.91 Å². The summed E-state index contributed by atoms with van der Waals surface area (Å²) in [6.45, 7) is 1.21. The zero-order chi connectivity index (χ0) is 14.4. The molecule has 2 heterocycles. The van der Waals surface area contributed by atoms with Gasteiger partial charge in [0.2, 0.25) is 0 Å². The number of pyridine rings is 1. The highest BCUT2D eigenvalue weighted by molar-refractivity contribution is 6.03. The van der Waals surface area contributed by atoms with Gasteiger partial charge in [-0.15, -0.1) is 0 Å². The van der Waals surface area contributed by atoms with E-state index in [0.717, 1.165) is 5.69 Å². The van der Waals surface area contributed by atoms with Crippen molar-refractivity contribution in [2.75, 3.05) is 31.4 Å². The van der Waals surface area contributed by atoms with Gasteiger partial charge in [-0.2, -0.15) is 5.10 Å². The van der Waals surface area contributed by atoms with Gasteiger partial charge in [-0.1, -0.05) is 0 Å². The highest BCUT2D eigenvalue weighted by atomic mass is 16.5. The fraction of sp³-hybridized carbons (Fsp3) is 0.308. The maximum absolute atomic E-state index is 12.0. The van der Waals surface area contributed by atoms with E-state index in [1.54, 1.807) is 49.6 Å². The molecular weight excluding hydrogens is 258 g/mol. The number of ether oxygens (including phenoxy) is 1. The van der Waals surface area contributed by atoms with Crippen LogP contribution in [0.2, 0.25) is 0 Å². The standard InChI is InChI=1S/C13H17N5O2/c1-14-10-3-4-15-12(7-10)13(19)17-11-8-16-18(9-11)5-6-20-2/h3-4,7-9H,5-6H2,1-2H3,(H,14,15)(H,17,19). The lowest BCUT2D eigenvalue weighted by atomic mass is 10.3. The molecule has 0 unspecified atom stereocenters. The van der Waals surface area contributed by atoms with Crippen LogP contribution in [0.25, 0.3) is 0 Å². The van der Waals surface area contributed by atoms with Crippen LogP contribution in [0.5, 0.6) is 0 Å². The molecule has 0 radical (unpaired) electrons. The Bertz CT molecular complexity index is 582. The number of aromatic nitrogens is 3. The van der Waals surface area contributed by atoms with E-state index in [2.05, 4.69) is 20.7 Å². The molecule has 0 aromatic carbocycles. The summed E-state index contributed by atoms with van der Waals surface area (Å²) in [6, 6.07) is 3.48. The number of hydrogen-bond donors (Lipinski definition) is 2. The van der Waals surface area contributed by atoms with Crippen molar-refractivity contribution in [2.45, 2.75) is 6.54 Å². The molecule has 0 aliphatic carbocycles. The molecule has 2 aromatic heterocycles. The largest absolute Gasteiger partial charge is 0.388 e. The minimum atomic E-state index is -0.270. The average Bonchev–Trinajstić information content (AvgIpc) is 2.92. The Balaban J connectivity index is 2.01. The summed E-state index contributed by atoms with van der Waals surface area (Å²) in [5.74, 6) is -0.270. The van der Waals surface area contributed by atoms with Gasteiger partial charge in [-0.05, 0) is 12.1 Å². The van der Waals surface area contributed by atoms with Crippen LogP contribution in [0.4, 0.5) is 11.4 Å². The van der Waals surface area contributed by atoms with Crippen molar-refractivity contribution >= 4 is 17.3 Å². The van der Waals surface area contributed by atoms with Crippen molar-refractivity contribution < 1.29 is 9.53 Å². The summed E-state index contributed by atoms with van der Waals surface area (Å²) in [6.07, 6.45) is 4.93. The minimum absolute atomic E-state index is 0.270. The number of nitrogens with one attached hydrogen (secondary N) is 2. The smallest absolute Gasteiger partial charge is 0.274 e. The second-order valence-corrected chi connectivity index (χ2v) is 4.12. The third-order valence-corrected chi connectivity index (χ3v) is 2.70. The van der Waals surface area contributed by atoms with E-state index < -0.39 is 0 Å². The van der Waals surface area contributed by atoms with E-state index in [9.17, 15) is 4.79 Å². The van der Waals surface area contributed by atoms with E-state index in [4.69, 9.17) is 4.74 Å². The SMILES string of the molecule is CNc1ccnc(C(=O)Nc2cnn(CCOC)c2)c1. The van der Waals surface area contributed by atoms with Crippen molar-refractivity contribution in [2.24, 2.45) is 0 Å². The van der Waals surface area contributed by atoms with Gasteiger partial charge in [0.05, 0.1) is 25.0 Å². The van der Waals surface area contributed by atoms with Crippen LogP contribution in [0, 0.1) is 0 Å². The number of nitrogens with zero attached hydrogens (tertiary/aromatic N) is 3. The maximum Gasteiger partial charge on any atom is 0.274 e. The number of carbonyl (C=O) groups excluding carboxylic acids is 1. The van der Waals surface area contributed by atoms with Crippen LogP contribution >= 0.6 is 0 Å². The Hall–Kier alpha value is -2.41. The van der Waals surface area contributed by atoms with Crippen molar-refractivity contribution in [3.8, 4) is 0 Å². The highest BCUT2D eigenvalue weighted by Crippen LogP contribution is 2.10. The van der Waals surface area contributed by atoms with E-state index in [0.29, 0.717) is 24.5 Å². The molecule has 0 atom stereocenters. The summed E-state index contributed by atoms with van der Waals surface area (Å²) < 4.78 is 6.67. The first kappa shape index (κ1) is 14.0. The molecule has 0 saturated carbocycles. The molecular formula is C13H17N5O2. The lowest BCUT2D eigenvalue weighted by Gasteiger charge is -2.04. The molecule has 2 N–H and O–H groups in total. The van der Waals surface area contributed by atoms with Crippen molar-refractivity contribution in [3.63, 3.8) is 0 Å². The summed E-state index contributed by atoms with van der Waals surface area (Å²) in [4.78, 5) is 16.1. The first-order chi connectivity index (χ1) is 9.72. The quantitative estimate of drug-likeness (QED) is 0.828. The number of amides is 1. The van der Waals surface area contributed by atoms with Gasteiger partial charge in [0.1, 0.15) is 5.69 Å². The van der Waals surface area contributed by atoms with Crippen LogP contribution in [-0.4, -0.2) is 41.4 Å². The van der Waals surface area contributed by atoms with Crippen LogP contribution in [0.3, 0.4) is 0 Å². The van der Waals surface area contributed by atoms with Gasteiger partial charge in [-0.25, -0.2) is 0 Å². The lowest BCUT2D eigenvalue weighted by Crippen LogP contribution is -2.13. The Morgan fingerprint density at radius 1 is 1.45 bits per heavy atom. The first-order valence-electron chi connectivity index (χ1n) is 6.19. The second kappa shape index (κ2) is 6.67. The topological polar surface area (TPSA) is 81.1 Å². The molecule has 0 aliphatic heterocycles. The minimum Gasteiger partial charge on any atom is -0.388 e. The fourth-order valence-electron chi connectivity index (χ4n) is 1.64. The fourth-order valence-corrected chi connectivity index (χ4v) is 1.64. The van der Waals surface area contributed by atoms with E-state index >= 15 is 0 Å². The Morgan fingerprint density at radius 3 is 3.05 bits per heavy atom. The van der Waals surface area contributed by atoms with Gasteiger partial charge in [0, 0.05) is 32.2 Å². The van der Waals surface area contributed by atoms with Crippen LogP contribution in [0.15, 0.2) is 30.7 Å². The zero-order valence-electron chi connectivity index (χ0n) is 11.5. The zero-order valence-corrected chi connectivity index (χ0v) is 11.5. The molecule has 7 nitrogen and oxygen atoms in total. The van der Waals surface area contributed by atoms with Gasteiger partial charge in [0.15, 0.2) is 0 Å². The van der Waals surface area contributed by atoms with E-state index in [1.165, 1.54) is 0 Å². The molecule has 7 heteroatoms. The molecule has 2 aromatic rings. The van der Waals surface area contributed by atoms with Crippen LogP contribution in [-0.2, 0) is 11.3 Å². The molecule has 20 heavy (non-hydrogen) atoms. The third kappa shape index (κ3) is 3.55. The molecule has 0 bridgehead atoms. The molecule has 0 spiro atoms. The Morgan fingerprint density at radius 2 is 2.30 bits per heavy atom.